The smallest absolute Gasteiger partial charge is 0.410 e. The Morgan fingerprint density at radius 3 is 1.73 bits per heavy atom. The number of likely N-dealkylation sites (N-methyl/N-ethyl adjacent to an activating group) is 1. The molecule has 4 aliphatic carbocycles. The van der Waals surface area contributed by atoms with Gasteiger partial charge < -0.3 is 151 Å². The van der Waals surface area contributed by atoms with E-state index in [2.05, 4.69) is 42.5 Å². The molecule has 18 atom stereocenters. The van der Waals surface area contributed by atoms with Crippen LogP contribution >= 0.6 is 23.2 Å². The second kappa shape index (κ2) is 43.4. The van der Waals surface area contributed by atoms with E-state index in [4.69, 9.17) is 85.8 Å². The molecule has 145 heavy (non-hydrogen) atoms. The van der Waals surface area contributed by atoms with Crippen LogP contribution in [-0.2, 0) is 75.3 Å². The normalized spacial score (nSPS) is 27.5. The number of nitrogens with one attached hydrogen (secondary N) is 8. The number of hydrogen-bond acceptors (Lipinski definition) is 35. The van der Waals surface area contributed by atoms with E-state index in [1.54, 1.807) is 13.8 Å². The van der Waals surface area contributed by atoms with Crippen LogP contribution in [0.3, 0.4) is 0 Å². The third kappa shape index (κ3) is 22.3. The van der Waals surface area contributed by atoms with Gasteiger partial charge in [-0.1, -0.05) is 55.2 Å². The summed E-state index contributed by atoms with van der Waals surface area (Å²) in [5, 5.41) is 153. The van der Waals surface area contributed by atoms with Gasteiger partial charge in [0.2, 0.25) is 59.3 Å². The Labute approximate surface area is 835 Å². The number of halogens is 2. The Bertz CT molecular complexity index is 6210. The summed E-state index contributed by atoms with van der Waals surface area (Å²) in [5.41, 5.74) is -0.238. The van der Waals surface area contributed by atoms with E-state index in [1.165, 1.54) is 54.4 Å². The predicted octanol–water partition coefficient (Wildman–Crippen LogP) is 5.83. The molecule has 7 aliphatic heterocycles. The Balaban J connectivity index is 0.868. The van der Waals surface area contributed by atoms with Crippen LogP contribution in [0.5, 0.6) is 69.0 Å². The van der Waals surface area contributed by atoms with Gasteiger partial charge >= 0.3 is 12.2 Å². The molecule has 4 saturated carbocycles. The maximum Gasteiger partial charge on any atom is 0.410 e. The summed E-state index contributed by atoms with van der Waals surface area (Å²) in [4.78, 5) is 177. The first kappa shape index (κ1) is 105. The number of nitrogens with two attached hydrogens (primary N) is 1. The molecule has 7 aromatic carbocycles. The number of carbonyl (C=O) groups excluding carboxylic acids is 10. The van der Waals surface area contributed by atoms with Gasteiger partial charge in [0.05, 0.1) is 96.3 Å². The van der Waals surface area contributed by atoms with Crippen molar-refractivity contribution in [3.05, 3.63) is 172 Å². The average molecular weight is 2060 g/mol. The molecule has 10 amide bonds. The van der Waals surface area contributed by atoms with Crippen molar-refractivity contribution >= 4 is 94.0 Å². The van der Waals surface area contributed by atoms with Crippen LogP contribution in [0, 0.1) is 49.8 Å². The van der Waals surface area contributed by atoms with Crippen LogP contribution in [0.4, 0.5) is 21.0 Å². The zero-order valence-electron chi connectivity index (χ0n) is 79.2. The summed E-state index contributed by atoms with van der Waals surface area (Å²) >= 11 is 14.6. The SMILES string of the molecule is COc1cc(COC(=O)NC2(C)CC(OC3C(Oc4c5cc6cc4Oc4ccc(cc4Cl)C(O)C(NC(=O)C(CC(C)C)N(C)C(=O)OCc4cc(OC)c(OC)cc4[N+](=O)[O-])C(=O)NC(CC(N)=O)C(=O)NC6C(=O)NC4C(=O)NC(C(=O)N[C@H](C(=O)NC6C7CC8CC(C7)CC6C8)c6cc(O)cc(O)c6-c6cc4ccc6O)C(O)c4ccc(c(Cl)c4)O5)OC(CO)C(O)C3O)OC(C)C2O)c([N+](=O)[O-])cc1OC. The fraction of sp³-hybridized carbons (Fsp3) is 0.458. The van der Waals surface area contributed by atoms with Gasteiger partial charge in [-0.3, -0.25) is 63.5 Å². The lowest BCUT2D eigenvalue weighted by Crippen LogP contribution is -2.66. The molecule has 15 bridgehead atoms. The third-order valence-electron chi connectivity index (χ3n) is 27.3. The number of primary amides is 1. The van der Waals surface area contributed by atoms with E-state index in [0.29, 0.717) is 11.8 Å². The Kier molecular flexibility index (Phi) is 31.5. The van der Waals surface area contributed by atoms with E-state index in [1.807, 2.05) is 0 Å². The van der Waals surface area contributed by atoms with Crippen LogP contribution in [0.2, 0.25) is 10.0 Å². The number of rotatable bonds is 25. The van der Waals surface area contributed by atoms with Gasteiger partial charge in [-0.05, 0) is 177 Å². The number of hydrogen-bond donors (Lipinski definition) is 18. The van der Waals surface area contributed by atoms with Crippen molar-refractivity contribution in [2.45, 2.75) is 208 Å². The summed E-state index contributed by atoms with van der Waals surface area (Å²) in [6.07, 6.45) is -20.4. The Hall–Kier alpha value is -14.1. The number of nitrogens with zero attached hydrogens (tertiary/aromatic N) is 3. The fourth-order valence-electron chi connectivity index (χ4n) is 20.2. The van der Waals surface area contributed by atoms with Crippen molar-refractivity contribution in [2.24, 2.45) is 35.3 Å². The highest BCUT2D eigenvalue weighted by molar-refractivity contribution is 6.32. The number of nitro benzene ring substituents is 2. The number of aromatic hydroxyl groups is 3. The van der Waals surface area contributed by atoms with Crippen molar-refractivity contribution < 1.29 is 161 Å². The minimum absolute atomic E-state index is 0.00846. The number of methoxy groups -OCH3 is 4. The molecule has 47 nitrogen and oxygen atoms in total. The fourth-order valence-corrected chi connectivity index (χ4v) is 20.7. The zero-order valence-corrected chi connectivity index (χ0v) is 80.7. The van der Waals surface area contributed by atoms with Crippen LogP contribution in [0.15, 0.2) is 103 Å². The lowest BCUT2D eigenvalue weighted by molar-refractivity contribution is -0.386. The average Bonchev–Trinajstić information content (AvgIpc) is 0.756. The highest BCUT2D eigenvalue weighted by Crippen LogP contribution is 2.56. The number of nitro groups is 2. The van der Waals surface area contributed by atoms with Gasteiger partial charge in [0, 0.05) is 36.7 Å². The van der Waals surface area contributed by atoms with E-state index in [0.717, 1.165) is 135 Å². The maximum absolute atomic E-state index is 16.7. The van der Waals surface area contributed by atoms with Gasteiger partial charge in [-0.2, -0.15) is 0 Å². The predicted molar refractivity (Wildman–Crippen MR) is 501 cm³/mol. The third-order valence-corrected chi connectivity index (χ3v) is 27.9. The minimum Gasteiger partial charge on any atom is -0.508 e. The Morgan fingerprint density at radius 2 is 1.17 bits per heavy atom. The van der Waals surface area contributed by atoms with Crippen molar-refractivity contribution in [1.82, 2.24) is 47.4 Å². The monoisotopic (exact) mass is 2060 g/mol. The standard InChI is InChI=1S/C96H108Cl2N12O35/c1-38(2)16-58(108(5)95(129)139-37-49-28-64(135-7)66(137-9)33-57(49)110(132)133)87(122)105-77-79(116)43-11-14-61(53(97)23-43)141-67-25-47-26-68(83(67)145-93-84(82(119)81(118)69(35-111)143-93)144-71-34-96(4,85(120)39(3)140-71)107-94(128)138-36-48-27-63(134-6)65(136-8)32-56(48)109(130)131)142-62-15-12-44(24-54(62)98)80(117)78-92(127)104-76(90(125)101-73-45-18-40-17-41(20-45)21-46(73)19-40)52-29-50(112)30-60(114)72(52)51-22-42(10-13-59(51)113)74(88(123)106-78)103-89(124)75(47)102-86(121)55(31-70(99)115)100-91(77)126/h10-15,22-30,32-33,38-41,45-46,55,58,69,71,73-82,84-85,93,111-114,116-120H,16-21,31,34-37H2,1-9H3,(H2,99,115)(H,100,126)(H,101,125)(H,102,121)(H,103,124)(H,104,127)(H,105,122)(H,106,123)(H,107,128)/t39?,40?,41?,45?,46?,55?,58?,69?,71?,73?,74?,75?,76-,77?,78?,79?,80?,81?,82?,84?,85?,93?,96?/m0/s1. The molecule has 0 aromatic heterocycles. The van der Waals surface area contributed by atoms with E-state index < -0.39 is 307 Å². The number of alkyl carbamates (subject to hydrolysis) is 1. The second-order valence-corrected chi connectivity index (χ2v) is 38.3. The number of phenols is 3. The highest BCUT2D eigenvalue weighted by Gasteiger charge is 2.55. The molecule has 17 unspecified atom stereocenters. The summed E-state index contributed by atoms with van der Waals surface area (Å²) < 4.78 is 71.6. The molecule has 6 fully saturated rings. The zero-order chi connectivity index (χ0) is 105. The molecule has 776 valence electrons. The van der Waals surface area contributed by atoms with Gasteiger partial charge in [-0.15, -0.1) is 0 Å². The molecule has 0 radical (unpaired) electrons. The first-order valence-corrected chi connectivity index (χ1v) is 46.8. The number of benzene rings is 7. The molecule has 11 aliphatic rings. The number of aliphatic hydroxyl groups excluding tert-OH is 6. The first-order chi connectivity index (χ1) is 68.9. The summed E-state index contributed by atoms with van der Waals surface area (Å²) in [5.74, 6) is -16.0. The molecule has 7 aromatic rings. The number of amides is 10. The molecule has 7 heterocycles. The minimum atomic E-state index is -2.51. The lowest BCUT2D eigenvalue weighted by Gasteiger charge is -2.54. The second-order valence-electron chi connectivity index (χ2n) is 37.5. The van der Waals surface area contributed by atoms with Crippen LogP contribution in [0.1, 0.15) is 148 Å². The number of ether oxygens (including phenoxy) is 12. The van der Waals surface area contributed by atoms with Crippen LogP contribution < -0.4 is 81.4 Å². The summed E-state index contributed by atoms with van der Waals surface area (Å²) in [6.45, 7) is 3.30. The topological polar surface area (TPSA) is 675 Å². The van der Waals surface area contributed by atoms with E-state index in [-0.39, 0.29) is 74.6 Å². The highest BCUT2D eigenvalue weighted by atomic mass is 35.5. The molecule has 18 rings (SSSR count). The van der Waals surface area contributed by atoms with Gasteiger partial charge in [-0.25, -0.2) is 9.59 Å². The molecule has 49 heteroatoms. The summed E-state index contributed by atoms with van der Waals surface area (Å²) in [7, 11) is 6.10. The number of phenolic OH excluding ortho intramolecular Hbond substituents is 3. The molecular formula is C96H108Cl2N12O35. The van der Waals surface area contributed by atoms with Gasteiger partial charge in [0.15, 0.2) is 46.9 Å². The quantitative estimate of drug-likeness (QED) is 0.0236. The van der Waals surface area contributed by atoms with Crippen LogP contribution in [0.25, 0.3) is 11.1 Å². The Morgan fingerprint density at radius 1 is 0.621 bits per heavy atom. The van der Waals surface area contributed by atoms with Crippen molar-refractivity contribution in [2.75, 3.05) is 42.1 Å². The molecule has 0 spiro atoms. The maximum atomic E-state index is 16.7. The van der Waals surface area contributed by atoms with E-state index in [9.17, 15) is 80.6 Å². The van der Waals surface area contributed by atoms with Crippen molar-refractivity contribution in [1.29, 1.82) is 0 Å². The van der Waals surface area contributed by atoms with Gasteiger partial charge in [0.1, 0.15) is 121 Å². The number of aliphatic hydroxyl groups is 6. The van der Waals surface area contributed by atoms with Crippen molar-refractivity contribution in [3.8, 4) is 80.1 Å². The largest absolute Gasteiger partial charge is 0.508 e. The van der Waals surface area contributed by atoms with Crippen LogP contribution in [-0.4, -0.2) is 247 Å². The molecule has 2 saturated heterocycles. The van der Waals surface area contributed by atoms with Gasteiger partial charge in [0.25, 0.3) is 11.4 Å². The first-order valence-electron chi connectivity index (χ1n) is 46.1. The number of fused-ring (bicyclic) bond motifs is 15. The number of carbonyl (C=O) groups is 10. The van der Waals surface area contributed by atoms with E-state index >= 15 is 33.6 Å². The molecule has 19 N–H and O–H groups in total. The molecular weight excluding hydrogens is 1950 g/mol. The lowest BCUT2D eigenvalue weighted by atomic mass is 9.54. The summed E-state index contributed by atoms with van der Waals surface area (Å²) in [6, 6.07) is 2.04. The van der Waals surface area contributed by atoms with Crippen molar-refractivity contribution in [3.63, 3.8) is 0 Å².